The summed E-state index contributed by atoms with van der Waals surface area (Å²) in [7, 11) is 3.32. The highest BCUT2D eigenvalue weighted by atomic mass is 16.5. The Morgan fingerprint density at radius 3 is 2.38 bits per heavy atom. The molecule has 0 bridgehead atoms. The highest BCUT2D eigenvalue weighted by Crippen LogP contribution is 2.30. The molecule has 0 aliphatic heterocycles. The predicted molar refractivity (Wildman–Crippen MR) is 83.8 cm³/mol. The van der Waals surface area contributed by atoms with Crippen LogP contribution in [0.25, 0.3) is 0 Å². The topological polar surface area (TPSA) is 38.7 Å². The van der Waals surface area contributed by atoms with Crippen LogP contribution in [0.5, 0.6) is 5.75 Å². The molecule has 0 fully saturated rings. The molecule has 2 aromatic rings. The quantitative estimate of drug-likeness (QED) is 0.885. The van der Waals surface area contributed by atoms with Crippen molar-refractivity contribution in [3.63, 3.8) is 0 Å². The van der Waals surface area contributed by atoms with Crippen molar-refractivity contribution in [1.29, 1.82) is 0 Å². The Balaban J connectivity index is 2.23. The minimum Gasteiger partial charge on any atom is -0.496 e. The van der Waals surface area contributed by atoms with Gasteiger partial charge < -0.3 is 14.6 Å². The first-order valence-electron chi connectivity index (χ1n) is 7.06. The third-order valence-electron chi connectivity index (χ3n) is 3.57. The maximum Gasteiger partial charge on any atom is 0.125 e. The standard InChI is InChI=1S/C18H22O3/c1-13-4-9-17(21-3)16(12-13)18(19)15-7-5-14(6-8-15)10-11-20-2/h4-9,12,18-19H,10-11H2,1-3H3. The first-order chi connectivity index (χ1) is 10.2. The van der Waals surface area contributed by atoms with E-state index in [0.717, 1.165) is 23.1 Å². The zero-order valence-electron chi connectivity index (χ0n) is 12.8. The van der Waals surface area contributed by atoms with Crippen molar-refractivity contribution in [2.45, 2.75) is 19.4 Å². The van der Waals surface area contributed by atoms with E-state index in [0.29, 0.717) is 12.4 Å². The maximum atomic E-state index is 10.6. The Labute approximate surface area is 126 Å². The normalized spacial score (nSPS) is 12.2. The van der Waals surface area contributed by atoms with Crippen molar-refractivity contribution in [2.75, 3.05) is 20.8 Å². The van der Waals surface area contributed by atoms with Gasteiger partial charge in [-0.05, 0) is 36.6 Å². The van der Waals surface area contributed by atoms with Crippen molar-refractivity contribution >= 4 is 0 Å². The summed E-state index contributed by atoms with van der Waals surface area (Å²) in [6, 6.07) is 13.8. The number of ether oxygens (including phenoxy) is 2. The van der Waals surface area contributed by atoms with Crippen LogP contribution in [0.3, 0.4) is 0 Å². The molecule has 1 unspecified atom stereocenters. The lowest BCUT2D eigenvalue weighted by atomic mass is 9.97. The molecule has 3 nitrogen and oxygen atoms in total. The molecule has 2 aromatic carbocycles. The van der Waals surface area contributed by atoms with E-state index in [-0.39, 0.29) is 0 Å². The average molecular weight is 286 g/mol. The van der Waals surface area contributed by atoms with Crippen molar-refractivity contribution in [2.24, 2.45) is 0 Å². The lowest BCUT2D eigenvalue weighted by Gasteiger charge is -2.16. The molecule has 1 N–H and O–H groups in total. The van der Waals surface area contributed by atoms with Crippen LogP contribution in [0.2, 0.25) is 0 Å². The third-order valence-corrected chi connectivity index (χ3v) is 3.57. The highest BCUT2D eigenvalue weighted by Gasteiger charge is 2.15. The zero-order valence-corrected chi connectivity index (χ0v) is 12.8. The summed E-state index contributed by atoms with van der Waals surface area (Å²) >= 11 is 0. The number of hydrogen-bond donors (Lipinski definition) is 1. The van der Waals surface area contributed by atoms with E-state index < -0.39 is 6.10 Å². The minimum absolute atomic E-state index is 0.684. The van der Waals surface area contributed by atoms with Gasteiger partial charge in [-0.3, -0.25) is 0 Å². The Morgan fingerprint density at radius 1 is 1.05 bits per heavy atom. The summed E-state index contributed by atoms with van der Waals surface area (Å²) in [4.78, 5) is 0. The number of aliphatic hydroxyl groups excluding tert-OH is 1. The number of aryl methyl sites for hydroxylation is 1. The van der Waals surface area contributed by atoms with Crippen LogP contribution in [-0.4, -0.2) is 25.9 Å². The van der Waals surface area contributed by atoms with Crippen molar-refractivity contribution < 1.29 is 14.6 Å². The molecule has 1 atom stereocenters. The molecule has 0 saturated heterocycles. The Hall–Kier alpha value is -1.84. The number of hydrogen-bond acceptors (Lipinski definition) is 3. The van der Waals surface area contributed by atoms with Crippen molar-refractivity contribution in [1.82, 2.24) is 0 Å². The maximum absolute atomic E-state index is 10.6. The van der Waals surface area contributed by atoms with Crippen LogP contribution in [0.1, 0.15) is 28.4 Å². The molecular formula is C18H22O3. The lowest BCUT2D eigenvalue weighted by Crippen LogP contribution is -2.03. The number of benzene rings is 2. The molecule has 21 heavy (non-hydrogen) atoms. The first-order valence-corrected chi connectivity index (χ1v) is 7.06. The van der Waals surface area contributed by atoms with Gasteiger partial charge in [-0.15, -0.1) is 0 Å². The van der Waals surface area contributed by atoms with E-state index in [1.807, 2.05) is 49.4 Å². The van der Waals surface area contributed by atoms with Gasteiger partial charge in [-0.25, -0.2) is 0 Å². The largest absolute Gasteiger partial charge is 0.496 e. The summed E-state index contributed by atoms with van der Waals surface area (Å²) < 4.78 is 10.4. The van der Waals surface area contributed by atoms with Gasteiger partial charge in [0, 0.05) is 12.7 Å². The van der Waals surface area contributed by atoms with E-state index in [1.54, 1.807) is 14.2 Å². The van der Waals surface area contributed by atoms with Crippen LogP contribution in [0.4, 0.5) is 0 Å². The number of aliphatic hydroxyl groups is 1. The van der Waals surface area contributed by atoms with Gasteiger partial charge in [0.2, 0.25) is 0 Å². The smallest absolute Gasteiger partial charge is 0.125 e. The SMILES string of the molecule is COCCc1ccc(C(O)c2cc(C)ccc2OC)cc1. The fraction of sp³-hybridized carbons (Fsp3) is 0.333. The predicted octanol–water partition coefficient (Wildman–Crippen LogP) is 3.27. The van der Waals surface area contributed by atoms with Gasteiger partial charge >= 0.3 is 0 Å². The van der Waals surface area contributed by atoms with Crippen LogP contribution in [0, 0.1) is 6.92 Å². The van der Waals surface area contributed by atoms with E-state index in [2.05, 4.69) is 0 Å². The monoisotopic (exact) mass is 286 g/mol. The van der Waals surface area contributed by atoms with E-state index in [1.165, 1.54) is 5.56 Å². The molecule has 0 radical (unpaired) electrons. The third kappa shape index (κ3) is 3.84. The Morgan fingerprint density at radius 2 is 1.76 bits per heavy atom. The Bertz CT molecular complexity index is 576. The molecule has 2 rings (SSSR count). The summed E-state index contributed by atoms with van der Waals surface area (Å²) in [5, 5.41) is 10.6. The molecule has 112 valence electrons. The first kappa shape index (κ1) is 15.5. The second kappa shape index (κ2) is 7.25. The van der Waals surface area contributed by atoms with E-state index >= 15 is 0 Å². The van der Waals surface area contributed by atoms with Gasteiger partial charge in [-0.2, -0.15) is 0 Å². The van der Waals surface area contributed by atoms with Crippen LogP contribution >= 0.6 is 0 Å². The number of methoxy groups -OCH3 is 2. The van der Waals surface area contributed by atoms with Gasteiger partial charge in [0.15, 0.2) is 0 Å². The summed E-state index contributed by atoms with van der Waals surface area (Å²) in [6.07, 6.45) is 0.192. The van der Waals surface area contributed by atoms with Crippen LogP contribution < -0.4 is 4.74 Å². The summed E-state index contributed by atoms with van der Waals surface area (Å²) in [6.45, 7) is 2.71. The van der Waals surface area contributed by atoms with E-state index in [9.17, 15) is 5.11 Å². The molecule has 0 amide bonds. The summed E-state index contributed by atoms with van der Waals surface area (Å²) in [5.41, 5.74) is 3.95. The lowest BCUT2D eigenvalue weighted by molar-refractivity contribution is 0.202. The van der Waals surface area contributed by atoms with Gasteiger partial charge in [0.25, 0.3) is 0 Å². The molecule has 0 heterocycles. The molecule has 0 aliphatic rings. The average Bonchev–Trinajstić information content (AvgIpc) is 2.52. The molecule has 0 saturated carbocycles. The van der Waals surface area contributed by atoms with Crippen molar-refractivity contribution in [3.8, 4) is 5.75 Å². The van der Waals surface area contributed by atoms with Crippen molar-refractivity contribution in [3.05, 3.63) is 64.7 Å². The summed E-state index contributed by atoms with van der Waals surface area (Å²) in [5.74, 6) is 0.705. The minimum atomic E-state index is -0.684. The fourth-order valence-corrected chi connectivity index (χ4v) is 2.33. The van der Waals surface area contributed by atoms with Gasteiger partial charge in [-0.1, -0.05) is 35.9 Å². The Kier molecular flexibility index (Phi) is 5.37. The zero-order chi connectivity index (χ0) is 15.2. The van der Waals surface area contributed by atoms with Crippen LogP contribution in [-0.2, 0) is 11.2 Å². The molecule has 0 aliphatic carbocycles. The fourth-order valence-electron chi connectivity index (χ4n) is 2.33. The second-order valence-corrected chi connectivity index (χ2v) is 5.13. The molecular weight excluding hydrogens is 264 g/mol. The van der Waals surface area contributed by atoms with Gasteiger partial charge in [0.05, 0.1) is 13.7 Å². The molecule has 3 heteroatoms. The van der Waals surface area contributed by atoms with Crippen LogP contribution in [0.15, 0.2) is 42.5 Å². The molecule has 0 spiro atoms. The van der Waals surface area contributed by atoms with Gasteiger partial charge in [0.1, 0.15) is 11.9 Å². The molecule has 0 aromatic heterocycles. The number of rotatable bonds is 6. The second-order valence-electron chi connectivity index (χ2n) is 5.13. The van der Waals surface area contributed by atoms with E-state index in [4.69, 9.17) is 9.47 Å². The highest BCUT2D eigenvalue weighted by molar-refractivity contribution is 5.43.